The Labute approximate surface area is 125 Å². The molecule has 21 heavy (non-hydrogen) atoms. The van der Waals surface area contributed by atoms with Crippen LogP contribution >= 0.6 is 0 Å². The molecule has 1 rings (SSSR count). The van der Waals surface area contributed by atoms with E-state index in [0.29, 0.717) is 36.6 Å². The number of esters is 1. The molecule has 0 unspecified atom stereocenters. The number of aldehydes is 1. The van der Waals surface area contributed by atoms with E-state index in [1.54, 1.807) is 18.2 Å². The topological polar surface area (TPSA) is 61.8 Å². The average Bonchev–Trinajstić information content (AvgIpc) is 2.51. The molecule has 5 heteroatoms. The van der Waals surface area contributed by atoms with E-state index in [1.165, 1.54) is 0 Å². The summed E-state index contributed by atoms with van der Waals surface area (Å²) in [5, 5.41) is 0. The van der Waals surface area contributed by atoms with E-state index in [0.717, 1.165) is 19.3 Å². The molecule has 0 saturated heterocycles. The van der Waals surface area contributed by atoms with Crippen LogP contribution in [0.25, 0.3) is 0 Å². The highest BCUT2D eigenvalue weighted by Crippen LogP contribution is 2.24. The molecular weight excluding hydrogens is 272 g/mol. The van der Waals surface area contributed by atoms with Crippen LogP contribution in [0.15, 0.2) is 18.2 Å². The second-order valence-electron chi connectivity index (χ2n) is 4.53. The third kappa shape index (κ3) is 6.29. The van der Waals surface area contributed by atoms with Crippen LogP contribution in [0, 0.1) is 0 Å². The zero-order valence-electron chi connectivity index (χ0n) is 12.6. The summed E-state index contributed by atoms with van der Waals surface area (Å²) in [6.07, 6.45) is 3.35. The van der Waals surface area contributed by atoms with E-state index >= 15 is 0 Å². The number of ether oxygens (including phenoxy) is 3. The monoisotopic (exact) mass is 294 g/mol. The summed E-state index contributed by atoms with van der Waals surface area (Å²) >= 11 is 0. The Balaban J connectivity index is 2.58. The summed E-state index contributed by atoms with van der Waals surface area (Å²) in [6.45, 7) is 4.77. The number of hydrogen-bond donors (Lipinski definition) is 0. The SMILES string of the molecule is CCCCOC(=O)COc1cc(OCCC)ccc1C=O. The van der Waals surface area contributed by atoms with Gasteiger partial charge in [0.25, 0.3) is 0 Å². The second-order valence-corrected chi connectivity index (χ2v) is 4.53. The molecule has 0 aliphatic rings. The Morgan fingerprint density at radius 3 is 2.62 bits per heavy atom. The Kier molecular flexibility index (Phi) is 7.94. The lowest BCUT2D eigenvalue weighted by atomic mass is 10.2. The van der Waals surface area contributed by atoms with Crippen molar-refractivity contribution < 1.29 is 23.8 Å². The maximum atomic E-state index is 11.5. The minimum atomic E-state index is -0.444. The molecule has 0 aromatic heterocycles. The molecule has 0 fully saturated rings. The third-order valence-corrected chi connectivity index (χ3v) is 2.69. The minimum absolute atomic E-state index is 0.220. The molecule has 0 N–H and O–H groups in total. The van der Waals surface area contributed by atoms with Gasteiger partial charge in [-0.15, -0.1) is 0 Å². The molecule has 0 spiro atoms. The highest BCUT2D eigenvalue weighted by atomic mass is 16.6. The maximum Gasteiger partial charge on any atom is 0.344 e. The van der Waals surface area contributed by atoms with Gasteiger partial charge in [0.2, 0.25) is 0 Å². The largest absolute Gasteiger partial charge is 0.493 e. The predicted octanol–water partition coefficient (Wildman–Crippen LogP) is 3.01. The molecule has 0 atom stereocenters. The van der Waals surface area contributed by atoms with Crippen LogP contribution in [-0.4, -0.2) is 32.1 Å². The first kappa shape index (κ1) is 17.0. The minimum Gasteiger partial charge on any atom is -0.493 e. The van der Waals surface area contributed by atoms with E-state index in [4.69, 9.17) is 14.2 Å². The van der Waals surface area contributed by atoms with Crippen LogP contribution in [-0.2, 0) is 9.53 Å². The van der Waals surface area contributed by atoms with Crippen molar-refractivity contribution in [1.29, 1.82) is 0 Å². The van der Waals surface area contributed by atoms with E-state index in [-0.39, 0.29) is 6.61 Å². The third-order valence-electron chi connectivity index (χ3n) is 2.69. The summed E-state index contributed by atoms with van der Waals surface area (Å²) in [4.78, 5) is 22.5. The Morgan fingerprint density at radius 2 is 1.95 bits per heavy atom. The van der Waals surface area contributed by atoms with Gasteiger partial charge in [-0.2, -0.15) is 0 Å². The molecule has 5 nitrogen and oxygen atoms in total. The van der Waals surface area contributed by atoms with Crippen molar-refractivity contribution in [3.8, 4) is 11.5 Å². The molecule has 0 heterocycles. The van der Waals surface area contributed by atoms with Gasteiger partial charge in [-0.25, -0.2) is 4.79 Å². The number of hydrogen-bond acceptors (Lipinski definition) is 5. The normalized spacial score (nSPS) is 10.0. The Bertz CT molecular complexity index is 456. The Hall–Kier alpha value is -2.04. The summed E-state index contributed by atoms with van der Waals surface area (Å²) in [5.74, 6) is 0.489. The fraction of sp³-hybridized carbons (Fsp3) is 0.500. The van der Waals surface area contributed by atoms with Crippen LogP contribution in [0.3, 0.4) is 0 Å². The molecule has 0 amide bonds. The van der Waals surface area contributed by atoms with Crippen molar-refractivity contribution >= 4 is 12.3 Å². The first-order valence-corrected chi connectivity index (χ1v) is 7.21. The lowest BCUT2D eigenvalue weighted by Crippen LogP contribution is -2.16. The summed E-state index contributed by atoms with van der Waals surface area (Å²) < 4.78 is 15.8. The fourth-order valence-corrected chi connectivity index (χ4v) is 1.56. The highest BCUT2D eigenvalue weighted by molar-refractivity contribution is 5.80. The highest BCUT2D eigenvalue weighted by Gasteiger charge is 2.09. The van der Waals surface area contributed by atoms with Crippen LogP contribution in [0.4, 0.5) is 0 Å². The molecule has 1 aromatic rings. The fourth-order valence-electron chi connectivity index (χ4n) is 1.56. The molecule has 0 aliphatic carbocycles. The number of carbonyl (C=O) groups excluding carboxylic acids is 2. The van der Waals surface area contributed by atoms with Crippen molar-refractivity contribution in [3.63, 3.8) is 0 Å². The van der Waals surface area contributed by atoms with Gasteiger partial charge in [0.05, 0.1) is 18.8 Å². The standard InChI is InChI=1S/C16H22O5/c1-3-5-9-20-16(18)12-21-15-10-14(19-8-4-2)7-6-13(15)11-17/h6-7,10-11H,3-5,8-9,12H2,1-2H3. The zero-order valence-corrected chi connectivity index (χ0v) is 12.6. The maximum absolute atomic E-state index is 11.5. The average molecular weight is 294 g/mol. The van der Waals surface area contributed by atoms with Crippen LogP contribution in [0.1, 0.15) is 43.5 Å². The van der Waals surface area contributed by atoms with Gasteiger partial charge in [0.1, 0.15) is 11.5 Å². The van der Waals surface area contributed by atoms with Crippen LogP contribution in [0.5, 0.6) is 11.5 Å². The summed E-state index contributed by atoms with van der Waals surface area (Å²) in [6, 6.07) is 4.92. The first-order chi connectivity index (χ1) is 10.2. The Morgan fingerprint density at radius 1 is 1.14 bits per heavy atom. The number of benzene rings is 1. The van der Waals surface area contributed by atoms with Gasteiger partial charge in [-0.3, -0.25) is 4.79 Å². The molecule has 1 aromatic carbocycles. The van der Waals surface area contributed by atoms with Crippen molar-refractivity contribution in [3.05, 3.63) is 23.8 Å². The summed E-state index contributed by atoms with van der Waals surface area (Å²) in [5.41, 5.74) is 0.375. The van der Waals surface area contributed by atoms with Gasteiger partial charge in [0, 0.05) is 6.07 Å². The lowest BCUT2D eigenvalue weighted by Gasteiger charge is -2.11. The number of unbranched alkanes of at least 4 members (excludes halogenated alkanes) is 1. The smallest absolute Gasteiger partial charge is 0.344 e. The van der Waals surface area contributed by atoms with Gasteiger partial charge >= 0.3 is 5.97 Å². The quantitative estimate of drug-likeness (QED) is 0.377. The van der Waals surface area contributed by atoms with Crippen molar-refractivity contribution in [2.75, 3.05) is 19.8 Å². The second kappa shape index (κ2) is 9.80. The molecule has 0 bridgehead atoms. The summed E-state index contributed by atoms with van der Waals surface area (Å²) in [7, 11) is 0. The molecule has 0 aliphatic heterocycles. The predicted molar refractivity (Wildman–Crippen MR) is 79.0 cm³/mol. The zero-order chi connectivity index (χ0) is 15.5. The number of carbonyl (C=O) groups is 2. The van der Waals surface area contributed by atoms with Gasteiger partial charge in [-0.1, -0.05) is 20.3 Å². The molecule has 116 valence electrons. The number of rotatable bonds is 10. The van der Waals surface area contributed by atoms with Gasteiger partial charge < -0.3 is 14.2 Å². The van der Waals surface area contributed by atoms with Crippen LogP contribution < -0.4 is 9.47 Å². The van der Waals surface area contributed by atoms with E-state index in [1.807, 2.05) is 13.8 Å². The lowest BCUT2D eigenvalue weighted by molar-refractivity contribution is -0.146. The molecule has 0 saturated carbocycles. The van der Waals surface area contributed by atoms with Crippen molar-refractivity contribution in [1.82, 2.24) is 0 Å². The van der Waals surface area contributed by atoms with Gasteiger partial charge in [0.15, 0.2) is 12.9 Å². The van der Waals surface area contributed by atoms with E-state index in [2.05, 4.69) is 0 Å². The van der Waals surface area contributed by atoms with E-state index in [9.17, 15) is 9.59 Å². The molecular formula is C16H22O5. The van der Waals surface area contributed by atoms with Crippen molar-refractivity contribution in [2.24, 2.45) is 0 Å². The van der Waals surface area contributed by atoms with Gasteiger partial charge in [-0.05, 0) is 25.0 Å². The first-order valence-electron chi connectivity index (χ1n) is 7.21. The van der Waals surface area contributed by atoms with E-state index < -0.39 is 5.97 Å². The van der Waals surface area contributed by atoms with Crippen LogP contribution in [0.2, 0.25) is 0 Å². The molecule has 0 radical (unpaired) electrons. The van der Waals surface area contributed by atoms with Crippen molar-refractivity contribution in [2.45, 2.75) is 33.1 Å².